The topological polar surface area (TPSA) is 46.3 Å². The summed E-state index contributed by atoms with van der Waals surface area (Å²) in [5, 5.41) is 0. The Hall–Kier alpha value is -1.35. The monoisotopic (exact) mass is 368 g/mol. The fourth-order valence-electron chi connectivity index (χ4n) is 7.41. The van der Waals surface area contributed by atoms with Crippen molar-refractivity contribution >= 4 is 5.91 Å². The van der Waals surface area contributed by atoms with Gasteiger partial charge in [-0.15, -0.1) is 0 Å². The summed E-state index contributed by atoms with van der Waals surface area (Å²) in [7, 11) is 0. The van der Waals surface area contributed by atoms with Crippen molar-refractivity contribution < 1.29 is 4.79 Å². The average Bonchev–Trinajstić information content (AvgIpc) is 2.60. The molecule has 0 spiro atoms. The van der Waals surface area contributed by atoms with Crippen molar-refractivity contribution in [3.8, 4) is 0 Å². The van der Waals surface area contributed by atoms with E-state index >= 15 is 0 Å². The van der Waals surface area contributed by atoms with Crippen molar-refractivity contribution in [2.75, 3.05) is 13.1 Å². The Morgan fingerprint density at radius 2 is 1.74 bits per heavy atom. The van der Waals surface area contributed by atoms with Crippen LogP contribution in [0.4, 0.5) is 0 Å². The minimum atomic E-state index is -0.160. The third-order valence-electron chi connectivity index (χ3n) is 7.91. The molecule has 0 aromatic carbocycles. The van der Waals surface area contributed by atoms with Crippen LogP contribution < -0.4 is 5.73 Å². The van der Waals surface area contributed by atoms with E-state index in [4.69, 9.17) is 5.73 Å². The average molecular weight is 369 g/mol. The van der Waals surface area contributed by atoms with Crippen molar-refractivity contribution in [1.82, 2.24) is 4.90 Å². The first kappa shape index (κ1) is 19.0. The van der Waals surface area contributed by atoms with Crippen molar-refractivity contribution in [2.45, 2.75) is 71.3 Å². The number of piperidine rings is 1. The minimum absolute atomic E-state index is 0.119. The lowest BCUT2D eigenvalue weighted by molar-refractivity contribution is -0.176. The van der Waals surface area contributed by atoms with Gasteiger partial charge in [0.2, 0.25) is 5.91 Å². The Balaban J connectivity index is 1.62. The molecule has 1 amide bonds. The Morgan fingerprint density at radius 3 is 2.41 bits per heavy atom. The highest BCUT2D eigenvalue weighted by Crippen LogP contribution is 2.71. The van der Waals surface area contributed by atoms with Gasteiger partial charge in [0.25, 0.3) is 0 Å². The molecule has 5 aliphatic rings. The second kappa shape index (κ2) is 6.62. The summed E-state index contributed by atoms with van der Waals surface area (Å²) in [4.78, 5) is 15.9. The zero-order chi connectivity index (χ0) is 19.3. The SMILES string of the molecule is C=C(/C=C\C=C/C)[C@]12CC3CC(C(=O)N4CCC(N)CC4)(C[C@](C)(C3)C1)C2. The van der Waals surface area contributed by atoms with Crippen LogP contribution in [0.2, 0.25) is 0 Å². The van der Waals surface area contributed by atoms with Gasteiger partial charge in [0.15, 0.2) is 0 Å². The van der Waals surface area contributed by atoms with Crippen LogP contribution in [-0.4, -0.2) is 29.9 Å². The van der Waals surface area contributed by atoms with Crippen LogP contribution >= 0.6 is 0 Å². The first-order valence-corrected chi connectivity index (χ1v) is 10.8. The number of amides is 1. The fraction of sp³-hybridized carbons (Fsp3) is 0.708. The van der Waals surface area contributed by atoms with E-state index in [0.29, 0.717) is 17.2 Å². The molecule has 27 heavy (non-hydrogen) atoms. The maximum Gasteiger partial charge on any atom is 0.228 e. The van der Waals surface area contributed by atoms with Crippen LogP contribution in [0.25, 0.3) is 0 Å². The van der Waals surface area contributed by atoms with Gasteiger partial charge in [-0.25, -0.2) is 0 Å². The maximum absolute atomic E-state index is 13.8. The lowest BCUT2D eigenvalue weighted by atomic mass is 9.38. The molecule has 0 aromatic rings. The summed E-state index contributed by atoms with van der Waals surface area (Å²) < 4.78 is 0. The third-order valence-corrected chi connectivity index (χ3v) is 7.91. The zero-order valence-corrected chi connectivity index (χ0v) is 17.2. The molecule has 4 aliphatic carbocycles. The molecule has 148 valence electrons. The van der Waals surface area contributed by atoms with Gasteiger partial charge in [-0.3, -0.25) is 4.79 Å². The van der Waals surface area contributed by atoms with Gasteiger partial charge in [-0.1, -0.05) is 37.8 Å². The number of carbonyl (C=O) groups excluding carboxylic acids is 1. The molecule has 0 radical (unpaired) electrons. The van der Waals surface area contributed by atoms with Crippen molar-refractivity contribution in [2.24, 2.45) is 27.9 Å². The van der Waals surface area contributed by atoms with Crippen molar-refractivity contribution in [3.05, 3.63) is 36.5 Å². The smallest absolute Gasteiger partial charge is 0.228 e. The number of allylic oxidation sites excluding steroid dienone is 5. The molecule has 5 fully saturated rings. The number of likely N-dealkylation sites (tertiary alicyclic amines) is 1. The summed E-state index contributed by atoms with van der Waals surface area (Å²) in [5.41, 5.74) is 7.57. The van der Waals surface area contributed by atoms with Crippen LogP contribution in [0, 0.1) is 22.2 Å². The first-order valence-electron chi connectivity index (χ1n) is 10.8. The Labute approximate surface area is 164 Å². The number of nitrogens with two attached hydrogens (primary N) is 1. The van der Waals surface area contributed by atoms with E-state index in [1.165, 1.54) is 24.8 Å². The fourth-order valence-corrected chi connectivity index (χ4v) is 7.41. The van der Waals surface area contributed by atoms with Gasteiger partial charge < -0.3 is 10.6 Å². The quantitative estimate of drug-likeness (QED) is 0.737. The van der Waals surface area contributed by atoms with E-state index in [1.807, 2.05) is 6.92 Å². The molecule has 1 aliphatic heterocycles. The number of nitrogens with zero attached hydrogens (tertiary/aromatic N) is 1. The highest BCUT2D eigenvalue weighted by atomic mass is 16.2. The molecule has 5 rings (SSSR count). The van der Waals surface area contributed by atoms with E-state index < -0.39 is 0 Å². The highest BCUT2D eigenvalue weighted by molar-refractivity contribution is 5.84. The van der Waals surface area contributed by atoms with E-state index in [0.717, 1.165) is 45.2 Å². The second-order valence-electron chi connectivity index (χ2n) is 10.4. The van der Waals surface area contributed by atoms with Gasteiger partial charge in [-0.2, -0.15) is 0 Å². The number of hydrogen-bond donors (Lipinski definition) is 1. The lowest BCUT2D eigenvalue weighted by Gasteiger charge is -2.66. The van der Waals surface area contributed by atoms with Gasteiger partial charge in [0.1, 0.15) is 0 Å². The molecule has 3 heteroatoms. The third kappa shape index (κ3) is 3.22. The summed E-state index contributed by atoms with van der Waals surface area (Å²) in [6.07, 6.45) is 17.2. The van der Waals surface area contributed by atoms with Crippen LogP contribution in [0.5, 0.6) is 0 Å². The molecule has 1 heterocycles. The highest BCUT2D eigenvalue weighted by Gasteiger charge is 2.65. The summed E-state index contributed by atoms with van der Waals surface area (Å²) in [5.74, 6) is 1.11. The number of hydrogen-bond acceptors (Lipinski definition) is 2. The van der Waals surface area contributed by atoms with Crippen molar-refractivity contribution in [1.29, 1.82) is 0 Å². The van der Waals surface area contributed by atoms with Crippen LogP contribution in [0.3, 0.4) is 0 Å². The molecule has 4 atom stereocenters. The van der Waals surface area contributed by atoms with Gasteiger partial charge >= 0.3 is 0 Å². The lowest BCUT2D eigenvalue weighted by Crippen LogP contribution is -2.62. The molecule has 3 nitrogen and oxygen atoms in total. The standard InChI is InChI=1S/C24H36N2O/c1-4-5-6-7-18(2)23-13-19-12-22(3,15-23)16-24(14-19,17-23)21(27)26-10-8-20(25)9-11-26/h4-7,19-20H,2,8-17,25H2,1,3H3/b5-4-,7-6-/t19?,22-,23-,24?/m1/s1. The van der Waals surface area contributed by atoms with E-state index in [1.54, 1.807) is 0 Å². The molecule has 4 bridgehead atoms. The van der Waals surface area contributed by atoms with Crippen molar-refractivity contribution in [3.63, 3.8) is 0 Å². The molecule has 2 N–H and O–H groups in total. The molecule has 0 aromatic heterocycles. The maximum atomic E-state index is 13.8. The number of rotatable bonds is 4. The summed E-state index contributed by atoms with van der Waals surface area (Å²) in [6, 6.07) is 0.269. The predicted octanol–water partition coefficient (Wildman–Crippen LogP) is 4.60. The first-order chi connectivity index (χ1) is 12.8. The van der Waals surface area contributed by atoms with E-state index in [2.05, 4.69) is 42.7 Å². The van der Waals surface area contributed by atoms with E-state index in [-0.39, 0.29) is 16.9 Å². The van der Waals surface area contributed by atoms with Crippen LogP contribution in [-0.2, 0) is 4.79 Å². The van der Waals surface area contributed by atoms with Gasteiger partial charge in [-0.05, 0) is 80.6 Å². The Bertz CT molecular complexity index is 686. The minimum Gasteiger partial charge on any atom is -0.342 e. The predicted molar refractivity (Wildman–Crippen MR) is 111 cm³/mol. The summed E-state index contributed by atoms with van der Waals surface area (Å²) >= 11 is 0. The van der Waals surface area contributed by atoms with Crippen LogP contribution in [0.1, 0.15) is 65.2 Å². The van der Waals surface area contributed by atoms with Gasteiger partial charge in [0, 0.05) is 19.1 Å². The second-order valence-corrected chi connectivity index (χ2v) is 10.4. The normalized spacial score (nSPS) is 41.7. The molecular formula is C24H36N2O. The molecule has 4 saturated carbocycles. The zero-order valence-electron chi connectivity index (χ0n) is 17.2. The molecular weight excluding hydrogens is 332 g/mol. The summed E-state index contributed by atoms with van der Waals surface area (Å²) in [6.45, 7) is 10.7. The Morgan fingerprint density at radius 1 is 1.07 bits per heavy atom. The van der Waals surface area contributed by atoms with Gasteiger partial charge in [0.05, 0.1) is 5.41 Å². The Kier molecular flexibility index (Phi) is 4.65. The number of carbonyl (C=O) groups is 1. The van der Waals surface area contributed by atoms with Crippen LogP contribution in [0.15, 0.2) is 36.5 Å². The molecule has 2 unspecified atom stereocenters. The molecule has 1 saturated heterocycles. The largest absolute Gasteiger partial charge is 0.342 e. The van der Waals surface area contributed by atoms with E-state index in [9.17, 15) is 4.79 Å².